The van der Waals surface area contributed by atoms with Gasteiger partial charge in [0.1, 0.15) is 6.61 Å². The quantitative estimate of drug-likeness (QED) is 0.378. The molecule has 0 aliphatic carbocycles. The van der Waals surface area contributed by atoms with Crippen LogP contribution < -0.4 is 15.3 Å². The number of pyridine rings is 2. The highest BCUT2D eigenvalue weighted by Gasteiger charge is 2.45. The molecular formula is C20H13ClN2O6. The second-order valence-electron chi connectivity index (χ2n) is 7.31. The Balaban J connectivity index is 1.67. The van der Waals surface area contributed by atoms with Crippen molar-refractivity contribution in [2.75, 3.05) is 0 Å². The Morgan fingerprint density at radius 1 is 1.24 bits per heavy atom. The van der Waals surface area contributed by atoms with Crippen LogP contribution in [0.15, 0.2) is 23.0 Å². The molecule has 0 radical (unpaired) electrons. The summed E-state index contributed by atoms with van der Waals surface area (Å²) in [6, 6.07) is 5.07. The van der Waals surface area contributed by atoms with Gasteiger partial charge in [-0.2, -0.15) is 0 Å². The highest BCUT2D eigenvalue weighted by Crippen LogP contribution is 2.49. The number of halogens is 1. The number of aromatic nitrogens is 2. The molecule has 0 saturated carbocycles. The standard InChI is InChI=1S/C20H13ClN2O6/c1-2-20(26)10-5-13-15-8(6-23(13)18(24)9(10)7-27-19(20)25)16-14-12(22-15)4-3-11(21)17(14)29-28-16/h3-5,26H,2,6-7H2,1H3/t20-/m0/s1. The molecule has 29 heavy (non-hydrogen) atoms. The topological polar surface area (TPSA) is 99.9 Å². The van der Waals surface area contributed by atoms with Gasteiger partial charge in [-0.15, -0.1) is 0 Å². The van der Waals surface area contributed by atoms with Crippen molar-refractivity contribution in [2.45, 2.75) is 32.1 Å². The molecule has 3 aliphatic heterocycles. The maximum atomic E-state index is 13.2. The third-order valence-electron chi connectivity index (χ3n) is 5.92. The fourth-order valence-corrected chi connectivity index (χ4v) is 4.52. The Bertz CT molecular complexity index is 1350. The summed E-state index contributed by atoms with van der Waals surface area (Å²) in [5.41, 5.74) is 0.700. The number of cyclic esters (lactones) is 1. The first kappa shape index (κ1) is 16.8. The van der Waals surface area contributed by atoms with E-state index >= 15 is 0 Å². The molecule has 146 valence electrons. The zero-order valence-corrected chi connectivity index (χ0v) is 15.9. The number of rotatable bonds is 1. The molecule has 0 bridgehead atoms. The van der Waals surface area contributed by atoms with Crippen molar-refractivity contribution in [1.82, 2.24) is 9.55 Å². The van der Waals surface area contributed by atoms with Gasteiger partial charge in [0.25, 0.3) is 5.56 Å². The van der Waals surface area contributed by atoms with Crippen LogP contribution in [-0.2, 0) is 28.3 Å². The molecule has 0 unspecified atom stereocenters. The summed E-state index contributed by atoms with van der Waals surface area (Å²) in [4.78, 5) is 40.9. The van der Waals surface area contributed by atoms with E-state index in [1.54, 1.807) is 29.7 Å². The summed E-state index contributed by atoms with van der Waals surface area (Å²) in [5.74, 6) is 0.120. The molecule has 8 nitrogen and oxygen atoms in total. The first-order valence-corrected chi connectivity index (χ1v) is 9.48. The number of hydrogen-bond acceptors (Lipinski definition) is 7. The van der Waals surface area contributed by atoms with E-state index in [-0.39, 0.29) is 36.3 Å². The number of fused-ring (bicyclic) bond motifs is 5. The molecule has 1 N–H and O–H groups in total. The van der Waals surface area contributed by atoms with Crippen LogP contribution in [0.5, 0.6) is 11.5 Å². The fourth-order valence-electron chi connectivity index (χ4n) is 4.33. The van der Waals surface area contributed by atoms with Gasteiger partial charge in [-0.05, 0) is 24.6 Å². The minimum absolute atomic E-state index is 0.0871. The lowest BCUT2D eigenvalue weighted by molar-refractivity contribution is -0.172. The van der Waals surface area contributed by atoms with E-state index in [1.807, 2.05) is 0 Å². The molecule has 2 aromatic heterocycles. The zero-order chi connectivity index (χ0) is 20.1. The Morgan fingerprint density at radius 3 is 2.83 bits per heavy atom. The van der Waals surface area contributed by atoms with Crippen LogP contribution in [0.1, 0.15) is 30.0 Å². The molecule has 0 saturated heterocycles. The molecule has 3 aliphatic rings. The summed E-state index contributed by atoms with van der Waals surface area (Å²) in [5, 5.41) is 12.0. The van der Waals surface area contributed by atoms with Gasteiger partial charge in [0.2, 0.25) is 5.75 Å². The number of nitrogens with zero attached hydrogens (tertiary/aromatic N) is 2. The molecule has 6 rings (SSSR count). The molecule has 1 atom stereocenters. The highest BCUT2D eigenvalue weighted by atomic mass is 35.5. The van der Waals surface area contributed by atoms with Crippen molar-refractivity contribution >= 4 is 28.5 Å². The molecule has 1 aromatic carbocycles. The highest BCUT2D eigenvalue weighted by molar-refractivity contribution is 6.33. The molecule has 9 heteroatoms. The number of carbonyl (C=O) groups excluding carboxylic acids is 1. The average molecular weight is 413 g/mol. The lowest BCUT2D eigenvalue weighted by atomic mass is 9.86. The Labute approximate surface area is 168 Å². The van der Waals surface area contributed by atoms with Gasteiger partial charge in [-0.25, -0.2) is 9.78 Å². The second-order valence-corrected chi connectivity index (χ2v) is 7.72. The zero-order valence-electron chi connectivity index (χ0n) is 15.1. The summed E-state index contributed by atoms with van der Waals surface area (Å²) in [6.45, 7) is 1.72. The van der Waals surface area contributed by atoms with Crippen LogP contribution in [0.4, 0.5) is 0 Å². The van der Waals surface area contributed by atoms with Crippen LogP contribution in [0.3, 0.4) is 0 Å². The van der Waals surface area contributed by atoms with E-state index in [1.165, 1.54) is 0 Å². The minimum Gasteiger partial charge on any atom is -0.458 e. The number of benzene rings is 1. The molecular weight excluding hydrogens is 400 g/mol. The van der Waals surface area contributed by atoms with Gasteiger partial charge in [0.15, 0.2) is 11.4 Å². The summed E-state index contributed by atoms with van der Waals surface area (Å²) in [6.07, 6.45) is 0.0871. The summed E-state index contributed by atoms with van der Waals surface area (Å²) < 4.78 is 6.63. The van der Waals surface area contributed by atoms with Crippen molar-refractivity contribution < 1.29 is 24.4 Å². The SMILES string of the molecule is CC[C@@]1(O)C(=O)OCc2c1cc1n(c2=O)Cc2c-1nc1ccc(Cl)c3c1c2OO3. The molecule has 3 aromatic rings. The van der Waals surface area contributed by atoms with Gasteiger partial charge in [-0.3, -0.25) is 14.6 Å². The van der Waals surface area contributed by atoms with Crippen LogP contribution >= 0.6 is 11.6 Å². The lowest BCUT2D eigenvalue weighted by Crippen LogP contribution is -2.44. The van der Waals surface area contributed by atoms with Crippen molar-refractivity contribution in [3.05, 3.63) is 50.3 Å². The van der Waals surface area contributed by atoms with E-state index in [4.69, 9.17) is 31.1 Å². The number of ether oxygens (including phenoxy) is 1. The predicted octanol–water partition coefficient (Wildman–Crippen LogP) is 2.42. The van der Waals surface area contributed by atoms with Crippen molar-refractivity contribution in [3.8, 4) is 22.9 Å². The van der Waals surface area contributed by atoms with Crippen LogP contribution in [0, 0.1) is 0 Å². The van der Waals surface area contributed by atoms with Crippen molar-refractivity contribution in [2.24, 2.45) is 0 Å². The van der Waals surface area contributed by atoms with Gasteiger partial charge < -0.3 is 14.4 Å². The Hall–Kier alpha value is -3.10. The monoisotopic (exact) mass is 412 g/mol. The largest absolute Gasteiger partial charge is 0.458 e. The molecule has 0 amide bonds. The molecule has 5 heterocycles. The third kappa shape index (κ3) is 1.90. The minimum atomic E-state index is -1.86. The average Bonchev–Trinajstić information content (AvgIpc) is 3.31. The maximum Gasteiger partial charge on any atom is 0.343 e. The summed E-state index contributed by atoms with van der Waals surface area (Å²) >= 11 is 6.19. The first-order valence-electron chi connectivity index (χ1n) is 9.11. The number of esters is 1. The molecule has 0 spiro atoms. The number of hydrogen-bond donors (Lipinski definition) is 1. The van der Waals surface area contributed by atoms with Gasteiger partial charge in [0, 0.05) is 11.1 Å². The first-order chi connectivity index (χ1) is 13.9. The van der Waals surface area contributed by atoms with E-state index in [0.717, 1.165) is 0 Å². The summed E-state index contributed by atoms with van der Waals surface area (Å²) in [7, 11) is 0. The van der Waals surface area contributed by atoms with Gasteiger partial charge in [-0.1, -0.05) is 18.5 Å². The normalized spacial score (nSPS) is 20.6. The second kappa shape index (κ2) is 5.28. The van der Waals surface area contributed by atoms with Gasteiger partial charge >= 0.3 is 5.97 Å². The fraction of sp³-hybridized carbons (Fsp3) is 0.250. The molecule has 0 fully saturated rings. The van der Waals surface area contributed by atoms with E-state index in [2.05, 4.69) is 0 Å². The Morgan fingerprint density at radius 2 is 2.03 bits per heavy atom. The lowest BCUT2D eigenvalue weighted by Gasteiger charge is -2.31. The van der Waals surface area contributed by atoms with Crippen molar-refractivity contribution in [1.29, 1.82) is 0 Å². The van der Waals surface area contributed by atoms with Crippen LogP contribution in [0.25, 0.3) is 22.3 Å². The number of carbonyl (C=O) groups is 1. The number of aliphatic hydroxyl groups is 1. The maximum absolute atomic E-state index is 13.2. The van der Waals surface area contributed by atoms with Gasteiger partial charge in [0.05, 0.1) is 39.4 Å². The smallest absolute Gasteiger partial charge is 0.343 e. The van der Waals surface area contributed by atoms with Crippen LogP contribution in [-0.4, -0.2) is 20.6 Å². The third-order valence-corrected chi connectivity index (χ3v) is 6.21. The van der Waals surface area contributed by atoms with E-state index in [9.17, 15) is 14.7 Å². The van der Waals surface area contributed by atoms with E-state index < -0.39 is 11.6 Å². The van der Waals surface area contributed by atoms with Crippen molar-refractivity contribution in [3.63, 3.8) is 0 Å². The predicted molar refractivity (Wildman–Crippen MR) is 101 cm³/mol. The Kier molecular flexibility index (Phi) is 3.06. The van der Waals surface area contributed by atoms with E-state index in [0.29, 0.717) is 44.4 Å². The van der Waals surface area contributed by atoms with Crippen LogP contribution in [0.2, 0.25) is 5.02 Å².